The fourth-order valence-corrected chi connectivity index (χ4v) is 3.00. The number of hydrogen-bond acceptors (Lipinski definition) is 6. The lowest BCUT2D eigenvalue weighted by Crippen LogP contribution is -2.21. The van der Waals surface area contributed by atoms with Crippen molar-refractivity contribution in [2.45, 2.75) is 25.3 Å². The Morgan fingerprint density at radius 1 is 0.952 bits per heavy atom. The number of carboxylic acid groups (broad SMARTS) is 2. The highest BCUT2D eigenvalue weighted by Crippen LogP contribution is 2.16. The van der Waals surface area contributed by atoms with Gasteiger partial charge in [0.25, 0.3) is 5.56 Å². The van der Waals surface area contributed by atoms with E-state index in [1.54, 1.807) is 0 Å². The number of carbonyl (C=O) groups is 2. The van der Waals surface area contributed by atoms with E-state index in [1.165, 1.54) is 17.2 Å². The van der Waals surface area contributed by atoms with Gasteiger partial charge in [0.2, 0.25) is 0 Å². The molecule has 15 heteroatoms. The van der Waals surface area contributed by atoms with Crippen molar-refractivity contribution in [1.82, 2.24) is 14.9 Å². The summed E-state index contributed by atoms with van der Waals surface area (Å²) in [6.07, 6.45) is -5.27. The Morgan fingerprint density at radius 2 is 1.48 bits per heavy atom. The van der Waals surface area contributed by atoms with E-state index in [1.807, 2.05) is 30.3 Å². The Hall–Kier alpha value is -4.50. The van der Waals surface area contributed by atoms with Crippen LogP contribution in [-0.2, 0) is 22.6 Å². The minimum Gasteiger partial charge on any atom is -0.475 e. The summed E-state index contributed by atoms with van der Waals surface area (Å²) in [5, 5.41) is 14.2. The molecule has 0 saturated heterocycles. The number of benzene rings is 2. The Labute approximate surface area is 235 Å². The molecule has 0 unspecified atom stereocenters. The molecule has 3 rings (SSSR count). The van der Waals surface area contributed by atoms with Gasteiger partial charge in [-0.25, -0.2) is 14.6 Å². The van der Waals surface area contributed by atoms with Gasteiger partial charge in [-0.3, -0.25) is 9.69 Å². The monoisotopic (exact) mass is 602 g/mol. The van der Waals surface area contributed by atoms with E-state index in [0.717, 1.165) is 24.3 Å². The third kappa shape index (κ3) is 14.2. The van der Waals surface area contributed by atoms with Gasteiger partial charge in [-0.1, -0.05) is 66.7 Å². The number of carboxylic acids is 2. The van der Waals surface area contributed by atoms with Gasteiger partial charge in [0.15, 0.2) is 0 Å². The van der Waals surface area contributed by atoms with Crippen molar-refractivity contribution in [2.24, 2.45) is 5.73 Å². The summed E-state index contributed by atoms with van der Waals surface area (Å²) in [5.41, 5.74) is 9.45. The van der Waals surface area contributed by atoms with Crippen LogP contribution in [0.15, 0.2) is 71.5 Å². The number of halogens is 6. The van der Waals surface area contributed by atoms with Crippen LogP contribution < -0.4 is 11.3 Å². The molecule has 228 valence electrons. The average molecular weight is 603 g/mol. The van der Waals surface area contributed by atoms with E-state index in [9.17, 15) is 31.1 Å². The van der Waals surface area contributed by atoms with Crippen LogP contribution in [0.5, 0.6) is 0 Å². The Balaban J connectivity index is 0.000000522. The third-order valence-corrected chi connectivity index (χ3v) is 4.89. The fraction of sp³-hybridized carbons (Fsp3) is 0.259. The second-order valence-corrected chi connectivity index (χ2v) is 8.44. The molecule has 42 heavy (non-hydrogen) atoms. The maximum atomic E-state index is 11.8. The van der Waals surface area contributed by atoms with E-state index < -0.39 is 24.3 Å². The zero-order valence-corrected chi connectivity index (χ0v) is 22.1. The molecule has 1 heterocycles. The number of aromatic amines is 1. The smallest absolute Gasteiger partial charge is 0.475 e. The van der Waals surface area contributed by atoms with Crippen LogP contribution in [0.2, 0.25) is 0 Å². The number of likely N-dealkylation sites (N-methyl/N-ethyl adjacent to an activating group) is 1. The SMILES string of the molecule is CN(C/C=C/c1ccccc1)Cc1ccc(-c2nc(CCN)cc(=O)[nH]2)cc1.O=C(O)C(F)(F)F.O=C(O)C(F)(F)F. The molecule has 0 aliphatic carbocycles. The van der Waals surface area contributed by atoms with Crippen molar-refractivity contribution in [3.8, 4) is 11.4 Å². The normalized spacial score (nSPS) is 11.4. The minimum atomic E-state index is -5.08. The first kappa shape index (κ1) is 35.5. The summed E-state index contributed by atoms with van der Waals surface area (Å²) in [4.78, 5) is 39.2. The van der Waals surface area contributed by atoms with Crippen LogP contribution >= 0.6 is 0 Å². The van der Waals surface area contributed by atoms with E-state index in [4.69, 9.17) is 25.5 Å². The number of nitrogens with one attached hydrogen (secondary N) is 1. The first-order valence-corrected chi connectivity index (χ1v) is 11.9. The molecule has 2 aromatic carbocycles. The highest BCUT2D eigenvalue weighted by molar-refractivity contribution is 5.73. The van der Waals surface area contributed by atoms with Gasteiger partial charge >= 0.3 is 24.3 Å². The quantitative estimate of drug-likeness (QED) is 0.278. The van der Waals surface area contributed by atoms with Crippen molar-refractivity contribution in [3.05, 3.63) is 93.9 Å². The third-order valence-electron chi connectivity index (χ3n) is 4.89. The van der Waals surface area contributed by atoms with Gasteiger partial charge in [-0.15, -0.1) is 0 Å². The number of nitrogens with zero attached hydrogens (tertiary/aromatic N) is 2. The van der Waals surface area contributed by atoms with Crippen molar-refractivity contribution in [1.29, 1.82) is 0 Å². The summed E-state index contributed by atoms with van der Waals surface area (Å²) in [6, 6.07) is 19.9. The number of H-pyrrole nitrogens is 1. The molecule has 0 radical (unpaired) electrons. The van der Waals surface area contributed by atoms with Crippen molar-refractivity contribution in [2.75, 3.05) is 20.1 Å². The molecule has 5 N–H and O–H groups in total. The van der Waals surface area contributed by atoms with Crippen LogP contribution in [0, 0.1) is 0 Å². The molecule has 9 nitrogen and oxygen atoms in total. The molecule has 0 fully saturated rings. The standard InChI is InChI=1S/C23H26N4O.2C2HF3O2/c1-27(15-5-8-18-6-3-2-4-7-18)17-19-9-11-20(12-10-19)23-25-21(13-14-24)16-22(28)26-23;2*3-2(4,5)1(6)7/h2-12,16H,13-15,17,24H2,1H3,(H,25,26,28);2*(H,6,7)/b8-5+;;. The van der Waals surface area contributed by atoms with E-state index in [0.29, 0.717) is 18.8 Å². The summed E-state index contributed by atoms with van der Waals surface area (Å²) in [7, 11) is 2.10. The molecule has 0 spiro atoms. The van der Waals surface area contributed by atoms with Gasteiger partial charge < -0.3 is 20.9 Å². The zero-order chi connectivity index (χ0) is 31.9. The maximum absolute atomic E-state index is 11.8. The zero-order valence-electron chi connectivity index (χ0n) is 22.1. The molecule has 0 saturated carbocycles. The molecule has 0 atom stereocenters. The number of alkyl halides is 6. The topological polar surface area (TPSA) is 150 Å². The number of aromatic nitrogens is 2. The van der Waals surface area contributed by atoms with Crippen molar-refractivity contribution < 1.29 is 46.1 Å². The Bertz CT molecular complexity index is 1330. The van der Waals surface area contributed by atoms with Crippen LogP contribution in [0.1, 0.15) is 16.8 Å². The summed E-state index contributed by atoms with van der Waals surface area (Å²) < 4.78 is 63.5. The fourth-order valence-electron chi connectivity index (χ4n) is 3.00. The molecular formula is C27H28F6N4O5. The van der Waals surface area contributed by atoms with Crippen LogP contribution in [0.4, 0.5) is 26.3 Å². The summed E-state index contributed by atoms with van der Waals surface area (Å²) >= 11 is 0. The first-order chi connectivity index (χ1) is 19.5. The number of hydrogen-bond donors (Lipinski definition) is 4. The Morgan fingerprint density at radius 3 is 1.95 bits per heavy atom. The van der Waals surface area contributed by atoms with Crippen molar-refractivity contribution >= 4 is 18.0 Å². The van der Waals surface area contributed by atoms with Gasteiger partial charge in [-0.2, -0.15) is 26.3 Å². The highest BCUT2D eigenvalue weighted by Gasteiger charge is 2.38. The first-order valence-electron chi connectivity index (χ1n) is 11.9. The van der Waals surface area contributed by atoms with E-state index in [-0.39, 0.29) is 5.56 Å². The average Bonchev–Trinajstić information content (AvgIpc) is 2.89. The van der Waals surface area contributed by atoms with Crippen molar-refractivity contribution in [3.63, 3.8) is 0 Å². The van der Waals surface area contributed by atoms with Gasteiger partial charge in [-0.05, 0) is 24.7 Å². The predicted octanol–water partition coefficient (Wildman–Crippen LogP) is 4.35. The lowest BCUT2D eigenvalue weighted by Gasteiger charge is -2.14. The largest absolute Gasteiger partial charge is 0.490 e. The van der Waals surface area contributed by atoms with Gasteiger partial charge in [0.05, 0.1) is 0 Å². The molecule has 3 aromatic rings. The Kier molecular flexibility index (Phi) is 14.1. The minimum absolute atomic E-state index is 0.150. The second kappa shape index (κ2) is 16.7. The van der Waals surface area contributed by atoms with E-state index in [2.05, 4.69) is 58.3 Å². The van der Waals surface area contributed by atoms with Gasteiger partial charge in [0, 0.05) is 36.8 Å². The number of nitrogens with two attached hydrogens (primary N) is 1. The predicted molar refractivity (Wildman–Crippen MR) is 142 cm³/mol. The summed E-state index contributed by atoms with van der Waals surface area (Å²) in [6.45, 7) is 2.18. The molecule has 0 amide bonds. The number of aliphatic carboxylic acids is 2. The molecular weight excluding hydrogens is 574 g/mol. The lowest BCUT2D eigenvalue weighted by molar-refractivity contribution is -0.193. The highest BCUT2D eigenvalue weighted by atomic mass is 19.4. The summed E-state index contributed by atoms with van der Waals surface area (Å²) in [5.74, 6) is -4.93. The van der Waals surface area contributed by atoms with Crippen LogP contribution in [0.3, 0.4) is 0 Å². The number of rotatable bonds is 8. The van der Waals surface area contributed by atoms with E-state index >= 15 is 0 Å². The molecule has 0 aliphatic heterocycles. The second-order valence-electron chi connectivity index (χ2n) is 8.44. The van der Waals surface area contributed by atoms with Gasteiger partial charge in [0.1, 0.15) is 5.82 Å². The molecule has 0 bridgehead atoms. The van der Waals surface area contributed by atoms with Crippen LogP contribution in [-0.4, -0.2) is 69.5 Å². The lowest BCUT2D eigenvalue weighted by atomic mass is 10.1. The maximum Gasteiger partial charge on any atom is 0.490 e. The van der Waals surface area contributed by atoms with Crippen LogP contribution in [0.25, 0.3) is 17.5 Å². The molecule has 0 aliphatic rings. The molecule has 1 aromatic heterocycles.